The molecule has 1 aliphatic rings. The molecule has 0 unspecified atom stereocenters. The highest BCUT2D eigenvalue weighted by Gasteiger charge is 2.75. The molecule has 1 fully saturated rings. The van der Waals surface area contributed by atoms with Crippen LogP contribution in [0.2, 0.25) is 0 Å². The summed E-state index contributed by atoms with van der Waals surface area (Å²) in [7, 11) is -6.19. The lowest BCUT2D eigenvalue weighted by Gasteiger charge is -2.72. The summed E-state index contributed by atoms with van der Waals surface area (Å²) in [6.45, 7) is 0. The van der Waals surface area contributed by atoms with Gasteiger partial charge in [-0.2, -0.15) is 0 Å². The average molecular weight is 713 g/mol. The molecule has 6 heteroatoms. The third-order valence-electron chi connectivity index (χ3n) is 10.8. The maximum absolute atomic E-state index is 5.79. The standard InChI is InChI=1S/C47H36N4Si2/c1-6-21-37(22-7-1)50-52(38-23-8-2-9-24-38,39-25-10-3-11-26-39)51(53(50,40-27-12-4-13-28-40)41-29-14-5-15-30-41)47-36-20-35-46(48-47)49-44-33-18-16-31-42(44)43-32-17-19-34-45(43)49/h1-36H. The molecule has 0 saturated carbocycles. The Morgan fingerprint density at radius 3 is 1.09 bits per heavy atom. The zero-order chi connectivity index (χ0) is 35.2. The van der Waals surface area contributed by atoms with Gasteiger partial charge in [-0.05, 0) is 57.1 Å². The van der Waals surface area contributed by atoms with Crippen LogP contribution >= 0.6 is 0 Å². The van der Waals surface area contributed by atoms with Crippen molar-refractivity contribution in [3.05, 3.63) is 218 Å². The van der Waals surface area contributed by atoms with E-state index in [4.69, 9.17) is 4.98 Å². The van der Waals surface area contributed by atoms with Gasteiger partial charge in [-0.1, -0.05) is 182 Å². The van der Waals surface area contributed by atoms with Crippen molar-refractivity contribution in [2.75, 3.05) is 8.46 Å². The zero-order valence-electron chi connectivity index (χ0n) is 29.1. The van der Waals surface area contributed by atoms with Crippen LogP contribution < -0.4 is 29.2 Å². The van der Waals surface area contributed by atoms with Crippen molar-refractivity contribution in [1.29, 1.82) is 0 Å². The highest BCUT2D eigenvalue weighted by molar-refractivity contribution is 7.38. The summed E-state index contributed by atoms with van der Waals surface area (Å²) < 4.78 is 8.08. The molecule has 9 aromatic rings. The van der Waals surface area contributed by atoms with Gasteiger partial charge in [0.2, 0.25) is 0 Å². The molecule has 53 heavy (non-hydrogen) atoms. The molecular formula is C47H36N4Si2. The minimum Gasteiger partial charge on any atom is -0.378 e. The van der Waals surface area contributed by atoms with Gasteiger partial charge in [0.1, 0.15) is 11.6 Å². The second-order valence-electron chi connectivity index (χ2n) is 13.5. The van der Waals surface area contributed by atoms with E-state index in [1.54, 1.807) is 0 Å². The third-order valence-corrected chi connectivity index (χ3v) is 22.8. The van der Waals surface area contributed by atoms with Gasteiger partial charge in [-0.3, -0.25) is 4.57 Å². The molecule has 0 N–H and O–H groups in total. The van der Waals surface area contributed by atoms with E-state index in [-0.39, 0.29) is 0 Å². The molecule has 2 aromatic heterocycles. The molecule has 3 heterocycles. The smallest absolute Gasteiger partial charge is 0.319 e. The normalized spacial score (nSPS) is 14.6. The topological polar surface area (TPSA) is 24.3 Å². The van der Waals surface area contributed by atoms with E-state index in [1.807, 2.05) is 0 Å². The summed E-state index contributed by atoms with van der Waals surface area (Å²) in [5.41, 5.74) is 3.52. The van der Waals surface area contributed by atoms with E-state index in [1.165, 1.54) is 37.2 Å². The third kappa shape index (κ3) is 4.56. The van der Waals surface area contributed by atoms with Crippen molar-refractivity contribution in [2.45, 2.75) is 0 Å². The Bertz CT molecular complexity index is 2460. The first kappa shape index (κ1) is 31.3. The Morgan fingerprint density at radius 2 is 0.660 bits per heavy atom. The molecule has 1 saturated heterocycles. The fraction of sp³-hybridized carbons (Fsp3) is 0. The molecule has 4 nitrogen and oxygen atoms in total. The van der Waals surface area contributed by atoms with E-state index < -0.39 is 16.8 Å². The van der Waals surface area contributed by atoms with Crippen LogP contribution in [-0.2, 0) is 0 Å². The molecule has 0 atom stereocenters. The van der Waals surface area contributed by atoms with Crippen LogP contribution in [0, 0.1) is 0 Å². The lowest BCUT2D eigenvalue weighted by Crippen LogP contribution is -3.07. The molecule has 1 aliphatic heterocycles. The molecule has 0 aliphatic carbocycles. The number of fused-ring (bicyclic) bond motifs is 3. The van der Waals surface area contributed by atoms with Crippen LogP contribution in [0.3, 0.4) is 0 Å². The molecule has 252 valence electrons. The summed E-state index contributed by atoms with van der Waals surface area (Å²) in [4.78, 5) is 5.79. The summed E-state index contributed by atoms with van der Waals surface area (Å²) in [6.07, 6.45) is 0. The molecular weight excluding hydrogens is 677 g/mol. The number of aromatic nitrogens is 2. The summed E-state index contributed by atoms with van der Waals surface area (Å²) in [6, 6.07) is 79.9. The van der Waals surface area contributed by atoms with E-state index in [2.05, 4.69) is 231 Å². The minimum absolute atomic E-state index is 0.908. The van der Waals surface area contributed by atoms with E-state index in [0.29, 0.717) is 0 Å². The van der Waals surface area contributed by atoms with Crippen molar-refractivity contribution in [3.63, 3.8) is 0 Å². The Balaban J connectivity index is 1.36. The van der Waals surface area contributed by atoms with Gasteiger partial charge in [-0.25, -0.2) is 4.98 Å². The van der Waals surface area contributed by atoms with Crippen molar-refractivity contribution in [3.8, 4) is 5.82 Å². The van der Waals surface area contributed by atoms with Gasteiger partial charge in [0.25, 0.3) is 0 Å². The average Bonchev–Trinajstić information content (AvgIpc) is 3.57. The maximum atomic E-state index is 5.79. The Labute approximate surface area is 311 Å². The van der Waals surface area contributed by atoms with Crippen LogP contribution in [0.25, 0.3) is 27.6 Å². The van der Waals surface area contributed by atoms with Gasteiger partial charge >= 0.3 is 16.8 Å². The van der Waals surface area contributed by atoms with Crippen LogP contribution in [0.15, 0.2) is 218 Å². The predicted molar refractivity (Wildman–Crippen MR) is 226 cm³/mol. The fourth-order valence-electron chi connectivity index (χ4n) is 8.78. The summed E-state index contributed by atoms with van der Waals surface area (Å²) >= 11 is 0. The Kier molecular flexibility index (Phi) is 7.45. The van der Waals surface area contributed by atoms with E-state index >= 15 is 0 Å². The number of nitrogens with zero attached hydrogens (tertiary/aromatic N) is 4. The number of anilines is 2. The van der Waals surface area contributed by atoms with Gasteiger partial charge in [0, 0.05) is 16.5 Å². The van der Waals surface area contributed by atoms with Gasteiger partial charge in [0.15, 0.2) is 0 Å². The van der Waals surface area contributed by atoms with E-state index in [9.17, 15) is 0 Å². The molecule has 10 rings (SSSR count). The first-order valence-corrected chi connectivity index (χ1v) is 22.0. The quantitative estimate of drug-likeness (QED) is 0.157. The molecule has 0 amide bonds. The number of hydrogen-bond donors (Lipinski definition) is 0. The largest absolute Gasteiger partial charge is 0.378 e. The van der Waals surface area contributed by atoms with Gasteiger partial charge < -0.3 is 8.46 Å². The first-order valence-electron chi connectivity index (χ1n) is 18.2. The van der Waals surface area contributed by atoms with Gasteiger partial charge in [0.05, 0.1) is 11.0 Å². The number of pyridine rings is 1. The minimum atomic E-state index is -3.10. The van der Waals surface area contributed by atoms with Crippen LogP contribution in [0.1, 0.15) is 0 Å². The van der Waals surface area contributed by atoms with Crippen molar-refractivity contribution >= 4 is 70.9 Å². The van der Waals surface area contributed by atoms with E-state index in [0.717, 1.165) is 22.7 Å². The fourth-order valence-corrected chi connectivity index (χ4v) is 23.9. The molecule has 7 aromatic carbocycles. The summed E-state index contributed by atoms with van der Waals surface area (Å²) in [5, 5.41) is 7.71. The first-order chi connectivity index (χ1) is 26.3. The Hall–Kier alpha value is -6.48. The highest BCUT2D eigenvalue weighted by Crippen LogP contribution is 2.45. The highest BCUT2D eigenvalue weighted by atomic mass is 28.5. The summed E-state index contributed by atoms with van der Waals surface area (Å²) in [5.74, 6) is 1.89. The SMILES string of the molecule is c1ccc(N2[Si](c3ccccc3)(c3ccccc3)N(c3cccc(-n4c5ccccc5c5ccccc54)n3)[Si]2(c2ccccc2)c2ccccc2)cc1. The number of para-hydroxylation sites is 3. The zero-order valence-corrected chi connectivity index (χ0v) is 31.1. The van der Waals surface area contributed by atoms with Crippen molar-refractivity contribution in [1.82, 2.24) is 9.55 Å². The predicted octanol–water partition coefficient (Wildman–Crippen LogP) is 8.02. The molecule has 0 bridgehead atoms. The Morgan fingerprint density at radius 1 is 0.302 bits per heavy atom. The van der Waals surface area contributed by atoms with Crippen molar-refractivity contribution < 1.29 is 0 Å². The number of rotatable bonds is 7. The molecule has 0 spiro atoms. The van der Waals surface area contributed by atoms with Gasteiger partial charge in [-0.15, -0.1) is 0 Å². The van der Waals surface area contributed by atoms with Crippen molar-refractivity contribution in [2.24, 2.45) is 0 Å². The number of benzene rings is 7. The van der Waals surface area contributed by atoms with Crippen LogP contribution in [0.5, 0.6) is 0 Å². The lowest BCUT2D eigenvalue weighted by molar-refractivity contribution is 1.06. The monoisotopic (exact) mass is 712 g/mol. The second kappa shape index (κ2) is 12.6. The number of hydrogen-bond acceptors (Lipinski definition) is 3. The van der Waals surface area contributed by atoms with Crippen LogP contribution in [-0.4, -0.2) is 26.3 Å². The van der Waals surface area contributed by atoms with Crippen LogP contribution in [0.4, 0.5) is 11.5 Å². The lowest BCUT2D eigenvalue weighted by atomic mass is 10.2. The maximum Gasteiger partial charge on any atom is 0.319 e. The molecule has 0 radical (unpaired) electrons. The second-order valence-corrected chi connectivity index (χ2v) is 21.2.